The number of guanidine groups is 1. The Balaban J connectivity index is 0.00000364. The van der Waals surface area contributed by atoms with Crippen LogP contribution in [0.15, 0.2) is 23.2 Å². The molecule has 2 N–H and O–H groups in total. The Morgan fingerprint density at radius 1 is 1.19 bits per heavy atom. The fourth-order valence-electron chi connectivity index (χ4n) is 2.99. The summed E-state index contributed by atoms with van der Waals surface area (Å²) in [7, 11) is 1.66. The van der Waals surface area contributed by atoms with Crippen LogP contribution in [0.4, 0.5) is 10.1 Å². The molecule has 1 saturated heterocycles. The van der Waals surface area contributed by atoms with E-state index in [9.17, 15) is 4.39 Å². The van der Waals surface area contributed by atoms with E-state index in [1.807, 2.05) is 19.1 Å². The van der Waals surface area contributed by atoms with Gasteiger partial charge in [0, 0.05) is 46.4 Å². The van der Waals surface area contributed by atoms with Crippen LogP contribution in [0.2, 0.25) is 0 Å². The fourth-order valence-corrected chi connectivity index (χ4v) is 2.99. The zero-order valence-electron chi connectivity index (χ0n) is 16.6. The molecule has 2 rings (SSSR count). The third-order valence-corrected chi connectivity index (χ3v) is 4.53. The number of piperazine rings is 1. The summed E-state index contributed by atoms with van der Waals surface area (Å²) in [6.07, 6.45) is 0. The third kappa shape index (κ3) is 7.79. The first-order valence-corrected chi connectivity index (χ1v) is 9.44. The Morgan fingerprint density at radius 3 is 2.52 bits per heavy atom. The summed E-state index contributed by atoms with van der Waals surface area (Å²) in [6, 6.07) is 5.45. The van der Waals surface area contributed by atoms with Crippen molar-refractivity contribution in [2.75, 3.05) is 64.4 Å². The van der Waals surface area contributed by atoms with Crippen molar-refractivity contribution in [3.05, 3.63) is 29.6 Å². The summed E-state index contributed by atoms with van der Waals surface area (Å²) in [4.78, 5) is 9.03. The molecule has 0 atom stereocenters. The Morgan fingerprint density at radius 2 is 1.93 bits per heavy atom. The van der Waals surface area contributed by atoms with Gasteiger partial charge in [0.25, 0.3) is 0 Å². The second-order valence-electron chi connectivity index (χ2n) is 6.32. The van der Waals surface area contributed by atoms with Crippen LogP contribution < -0.4 is 15.5 Å². The fraction of sp³-hybridized carbons (Fsp3) is 0.632. The van der Waals surface area contributed by atoms with Crippen LogP contribution in [-0.2, 0) is 11.3 Å². The largest absolute Gasteiger partial charge is 0.383 e. The number of hydrogen-bond donors (Lipinski definition) is 2. The van der Waals surface area contributed by atoms with Gasteiger partial charge < -0.3 is 25.2 Å². The van der Waals surface area contributed by atoms with Crippen LogP contribution >= 0.6 is 24.0 Å². The molecule has 27 heavy (non-hydrogen) atoms. The monoisotopic (exact) mass is 493 g/mol. The van der Waals surface area contributed by atoms with E-state index in [0.29, 0.717) is 31.3 Å². The highest BCUT2D eigenvalue weighted by Crippen LogP contribution is 2.22. The SMILES string of the molecule is CCNC(=NCc1ccc(N2CCN(CC)CC2)c(F)c1)NCCOC.I. The molecular weight excluding hydrogens is 460 g/mol. The maximum absolute atomic E-state index is 14.6. The maximum atomic E-state index is 14.6. The minimum absolute atomic E-state index is 0. The molecular formula is C19H33FIN5O. The number of nitrogens with one attached hydrogen (secondary N) is 2. The second kappa shape index (κ2) is 13.1. The van der Waals surface area contributed by atoms with Gasteiger partial charge in [-0.2, -0.15) is 0 Å². The van der Waals surface area contributed by atoms with Crippen LogP contribution in [0, 0.1) is 5.82 Å². The molecule has 0 bridgehead atoms. The summed E-state index contributed by atoms with van der Waals surface area (Å²) in [5.41, 5.74) is 1.56. The van der Waals surface area contributed by atoms with E-state index in [1.165, 1.54) is 0 Å². The van der Waals surface area contributed by atoms with Crippen molar-refractivity contribution in [3.63, 3.8) is 0 Å². The molecule has 1 aliphatic rings. The molecule has 154 valence electrons. The molecule has 0 spiro atoms. The number of nitrogens with zero attached hydrogens (tertiary/aromatic N) is 3. The number of rotatable bonds is 8. The molecule has 0 aromatic heterocycles. The third-order valence-electron chi connectivity index (χ3n) is 4.53. The van der Waals surface area contributed by atoms with E-state index in [-0.39, 0.29) is 29.8 Å². The number of likely N-dealkylation sites (N-methyl/N-ethyl adjacent to an activating group) is 1. The number of halogens is 2. The Hall–Kier alpha value is -1.13. The zero-order valence-corrected chi connectivity index (χ0v) is 19.0. The van der Waals surface area contributed by atoms with Crippen molar-refractivity contribution < 1.29 is 9.13 Å². The number of aliphatic imine (C=N–C) groups is 1. The van der Waals surface area contributed by atoms with E-state index in [0.717, 1.165) is 44.8 Å². The van der Waals surface area contributed by atoms with Gasteiger partial charge in [-0.25, -0.2) is 9.38 Å². The van der Waals surface area contributed by atoms with Crippen molar-refractivity contribution >= 4 is 35.6 Å². The van der Waals surface area contributed by atoms with Crippen LogP contribution in [-0.4, -0.2) is 70.4 Å². The maximum Gasteiger partial charge on any atom is 0.191 e. The Kier molecular flexibility index (Phi) is 11.6. The lowest BCUT2D eigenvalue weighted by Crippen LogP contribution is -2.46. The number of benzene rings is 1. The highest BCUT2D eigenvalue weighted by atomic mass is 127. The van der Waals surface area contributed by atoms with Gasteiger partial charge in [-0.3, -0.25) is 0 Å². The number of hydrogen-bond acceptors (Lipinski definition) is 4. The topological polar surface area (TPSA) is 52.1 Å². The van der Waals surface area contributed by atoms with Gasteiger partial charge in [-0.1, -0.05) is 13.0 Å². The normalized spacial score (nSPS) is 15.4. The van der Waals surface area contributed by atoms with E-state index < -0.39 is 0 Å². The summed E-state index contributed by atoms with van der Waals surface area (Å²) in [5.74, 6) is 0.546. The molecule has 0 radical (unpaired) electrons. The van der Waals surface area contributed by atoms with Crippen LogP contribution in [0.5, 0.6) is 0 Å². The van der Waals surface area contributed by atoms with E-state index in [4.69, 9.17) is 4.74 Å². The predicted octanol–water partition coefficient (Wildman–Crippen LogP) is 2.29. The molecule has 1 aliphatic heterocycles. The molecule has 1 fully saturated rings. The van der Waals surface area contributed by atoms with Crippen molar-refractivity contribution in [1.29, 1.82) is 0 Å². The molecule has 1 aromatic carbocycles. The average Bonchev–Trinajstić information content (AvgIpc) is 2.66. The molecule has 8 heteroatoms. The standard InChI is InChI=1S/C19H32FN5O.HI/c1-4-21-19(22-8-13-26-3)23-15-16-6-7-18(17(20)14-16)25-11-9-24(5-2)10-12-25;/h6-7,14H,4-5,8-13,15H2,1-3H3,(H2,21,22,23);1H. The number of methoxy groups -OCH3 is 1. The molecule has 0 aliphatic carbocycles. The second-order valence-corrected chi connectivity index (χ2v) is 6.32. The van der Waals surface area contributed by atoms with Gasteiger partial charge in [0.2, 0.25) is 0 Å². The van der Waals surface area contributed by atoms with Crippen molar-refractivity contribution in [1.82, 2.24) is 15.5 Å². The van der Waals surface area contributed by atoms with Crippen LogP contribution in [0.1, 0.15) is 19.4 Å². The molecule has 1 aromatic rings. The summed E-state index contributed by atoms with van der Waals surface area (Å²) >= 11 is 0. The van der Waals surface area contributed by atoms with Gasteiger partial charge in [0.05, 0.1) is 18.8 Å². The lowest BCUT2D eigenvalue weighted by Gasteiger charge is -2.35. The summed E-state index contributed by atoms with van der Waals surface area (Å²) < 4.78 is 19.6. The first-order chi connectivity index (χ1) is 12.7. The van der Waals surface area contributed by atoms with E-state index in [2.05, 4.69) is 32.3 Å². The van der Waals surface area contributed by atoms with Crippen molar-refractivity contribution in [2.24, 2.45) is 4.99 Å². The van der Waals surface area contributed by atoms with E-state index >= 15 is 0 Å². The lowest BCUT2D eigenvalue weighted by atomic mass is 10.1. The highest BCUT2D eigenvalue weighted by Gasteiger charge is 2.18. The first kappa shape index (κ1) is 23.9. The van der Waals surface area contributed by atoms with Gasteiger partial charge in [-0.05, 0) is 31.2 Å². The minimum atomic E-state index is -0.167. The van der Waals surface area contributed by atoms with Gasteiger partial charge >= 0.3 is 0 Å². The smallest absolute Gasteiger partial charge is 0.191 e. The van der Waals surface area contributed by atoms with Gasteiger partial charge in [0.15, 0.2) is 5.96 Å². The van der Waals surface area contributed by atoms with Crippen LogP contribution in [0.3, 0.4) is 0 Å². The average molecular weight is 493 g/mol. The predicted molar refractivity (Wildman–Crippen MR) is 121 cm³/mol. The lowest BCUT2D eigenvalue weighted by molar-refractivity contribution is 0.203. The first-order valence-electron chi connectivity index (χ1n) is 9.44. The van der Waals surface area contributed by atoms with Crippen molar-refractivity contribution in [3.8, 4) is 0 Å². The molecule has 0 amide bonds. The minimum Gasteiger partial charge on any atom is -0.383 e. The summed E-state index contributed by atoms with van der Waals surface area (Å²) in [6.45, 7) is 11.4. The Labute approximate surface area is 179 Å². The summed E-state index contributed by atoms with van der Waals surface area (Å²) in [5, 5.41) is 6.36. The number of ether oxygens (including phenoxy) is 1. The molecule has 1 heterocycles. The zero-order chi connectivity index (χ0) is 18.8. The molecule has 0 unspecified atom stereocenters. The quantitative estimate of drug-likeness (QED) is 0.252. The molecule has 6 nitrogen and oxygen atoms in total. The number of anilines is 1. The van der Waals surface area contributed by atoms with E-state index in [1.54, 1.807) is 13.2 Å². The Bertz CT molecular complexity index is 579. The van der Waals surface area contributed by atoms with Gasteiger partial charge in [0.1, 0.15) is 5.82 Å². The van der Waals surface area contributed by atoms with Crippen LogP contribution in [0.25, 0.3) is 0 Å². The highest BCUT2D eigenvalue weighted by molar-refractivity contribution is 14.0. The molecule has 0 saturated carbocycles. The van der Waals surface area contributed by atoms with Crippen molar-refractivity contribution in [2.45, 2.75) is 20.4 Å². The van der Waals surface area contributed by atoms with Gasteiger partial charge in [-0.15, -0.1) is 24.0 Å².